The van der Waals surface area contributed by atoms with E-state index in [0.29, 0.717) is 27.4 Å². The molecule has 0 aliphatic heterocycles. The molecule has 3 rings (SSSR count). The number of benzene rings is 1. The van der Waals surface area contributed by atoms with Gasteiger partial charge in [-0.05, 0) is 24.6 Å². The number of ether oxygens (including phenoxy) is 1. The van der Waals surface area contributed by atoms with Crippen LogP contribution in [0.15, 0.2) is 41.3 Å². The Morgan fingerprint density at radius 1 is 1.36 bits per heavy atom. The molecule has 0 amide bonds. The highest BCUT2D eigenvalue weighted by Crippen LogP contribution is 2.35. The second kappa shape index (κ2) is 10.2. The molecule has 2 aromatic heterocycles. The van der Waals surface area contributed by atoms with Gasteiger partial charge in [0.05, 0.1) is 27.4 Å². The lowest BCUT2D eigenvalue weighted by Crippen LogP contribution is -2.15. The molecule has 152 valence electrons. The van der Waals surface area contributed by atoms with E-state index in [2.05, 4.69) is 4.98 Å². The third kappa shape index (κ3) is 5.11. The summed E-state index contributed by atoms with van der Waals surface area (Å²) in [5, 5.41) is 9.21. The lowest BCUT2D eigenvalue weighted by Gasteiger charge is -2.18. The summed E-state index contributed by atoms with van der Waals surface area (Å²) in [5.74, 6) is -0.480. The van der Waals surface area contributed by atoms with Crippen molar-refractivity contribution in [1.29, 1.82) is 0 Å². The summed E-state index contributed by atoms with van der Waals surface area (Å²) >= 11 is 7.41. The summed E-state index contributed by atoms with van der Waals surface area (Å²) in [5.41, 5.74) is 1.42. The molecule has 0 saturated carbocycles. The van der Waals surface area contributed by atoms with Gasteiger partial charge in [0.15, 0.2) is 0 Å². The van der Waals surface area contributed by atoms with Gasteiger partial charge in [-0.15, -0.1) is 0 Å². The van der Waals surface area contributed by atoms with Crippen LogP contribution in [0.5, 0.6) is 5.75 Å². The molecule has 0 radical (unpaired) electrons. The van der Waals surface area contributed by atoms with Crippen LogP contribution >= 0.6 is 22.9 Å². The zero-order chi connectivity index (χ0) is 18.7. The molecule has 8 heteroatoms. The van der Waals surface area contributed by atoms with E-state index in [1.807, 2.05) is 25.1 Å². The number of aromatic nitrogens is 2. The predicted molar refractivity (Wildman–Crippen MR) is 115 cm³/mol. The van der Waals surface area contributed by atoms with Crippen LogP contribution in [0.2, 0.25) is 5.02 Å². The summed E-state index contributed by atoms with van der Waals surface area (Å²) in [6.45, 7) is 2.10. The average Bonchev–Trinajstić information content (AvgIpc) is 2.92. The number of halogens is 1. The van der Waals surface area contributed by atoms with Crippen molar-refractivity contribution in [3.63, 3.8) is 0 Å². The second-order valence-corrected chi connectivity index (χ2v) is 7.08. The van der Waals surface area contributed by atoms with Crippen molar-refractivity contribution < 1.29 is 14.6 Å². The van der Waals surface area contributed by atoms with E-state index in [9.17, 15) is 9.59 Å². The Kier molecular flexibility index (Phi) is 8.65. The fourth-order valence-corrected chi connectivity index (χ4v) is 3.78. The number of carbonyl (C=O) groups is 1. The molecule has 6 nitrogen and oxygen atoms in total. The van der Waals surface area contributed by atoms with Gasteiger partial charge in [-0.1, -0.05) is 50.8 Å². The first-order valence-electron chi connectivity index (χ1n) is 8.12. The highest BCUT2D eigenvalue weighted by Gasteiger charge is 2.17. The quantitative estimate of drug-likeness (QED) is 0.550. The van der Waals surface area contributed by atoms with Crippen molar-refractivity contribution in [3.05, 3.63) is 56.9 Å². The predicted octanol–water partition coefficient (Wildman–Crippen LogP) is 5.39. The molecular formula is C20H25ClN2O4S. The van der Waals surface area contributed by atoms with Crippen molar-refractivity contribution in [1.82, 2.24) is 9.55 Å². The van der Waals surface area contributed by atoms with E-state index in [0.717, 1.165) is 17.0 Å². The minimum atomic E-state index is -0.955. The maximum atomic E-state index is 12.2. The number of pyridine rings is 1. The van der Waals surface area contributed by atoms with Crippen molar-refractivity contribution >= 4 is 39.1 Å². The molecule has 28 heavy (non-hydrogen) atoms. The van der Waals surface area contributed by atoms with Gasteiger partial charge in [0.25, 0.3) is 0 Å². The highest BCUT2D eigenvalue weighted by molar-refractivity contribution is 7.16. The Bertz CT molecular complexity index is 985. The number of rotatable bonds is 7. The van der Waals surface area contributed by atoms with E-state index in [1.165, 1.54) is 4.57 Å². The van der Waals surface area contributed by atoms with Gasteiger partial charge in [-0.2, -0.15) is 0 Å². The molecule has 0 aliphatic carbocycles. The first-order valence-corrected chi connectivity index (χ1v) is 9.31. The molecule has 1 N–H and O–H groups in total. The average molecular weight is 425 g/mol. The van der Waals surface area contributed by atoms with Crippen LogP contribution in [0.25, 0.3) is 10.2 Å². The van der Waals surface area contributed by atoms with Crippen LogP contribution in [0.4, 0.5) is 0 Å². The van der Waals surface area contributed by atoms with E-state index in [4.69, 9.17) is 21.4 Å². The Hall–Kier alpha value is -2.38. The molecule has 0 unspecified atom stereocenters. The molecule has 0 aliphatic rings. The largest absolute Gasteiger partial charge is 0.483 e. The Morgan fingerprint density at radius 3 is 2.71 bits per heavy atom. The van der Waals surface area contributed by atoms with Crippen LogP contribution in [0.3, 0.4) is 0 Å². The van der Waals surface area contributed by atoms with Crippen LogP contribution in [-0.4, -0.2) is 20.6 Å². The molecule has 0 bridgehead atoms. The van der Waals surface area contributed by atoms with E-state index < -0.39 is 5.97 Å². The van der Waals surface area contributed by atoms with Gasteiger partial charge in [0.1, 0.15) is 11.9 Å². The molecule has 3 aromatic rings. The van der Waals surface area contributed by atoms with Gasteiger partial charge in [0, 0.05) is 18.8 Å². The van der Waals surface area contributed by atoms with Gasteiger partial charge >= 0.3 is 10.8 Å². The number of hydrogen-bond donors (Lipinski definition) is 1. The monoisotopic (exact) mass is 424 g/mol. The molecular weight excluding hydrogens is 400 g/mol. The number of carboxylic acids is 1. The number of nitrogens with zero attached hydrogens (tertiary/aromatic N) is 2. The first-order chi connectivity index (χ1) is 12.5. The first kappa shape index (κ1) is 23.7. The molecule has 0 fully saturated rings. The lowest BCUT2D eigenvalue weighted by molar-refractivity contribution is -0.137. The minimum absolute atomic E-state index is 0. The third-order valence-electron chi connectivity index (χ3n) is 3.93. The van der Waals surface area contributed by atoms with E-state index >= 15 is 0 Å². The Labute approximate surface area is 173 Å². The van der Waals surface area contributed by atoms with Crippen LogP contribution in [-0.2, 0) is 11.3 Å². The lowest BCUT2D eigenvalue weighted by atomic mass is 10.2. The summed E-state index contributed by atoms with van der Waals surface area (Å²) in [7, 11) is 0. The number of thiazole rings is 1. The number of carboxylic acid groups (broad SMARTS) is 1. The van der Waals surface area contributed by atoms with Gasteiger partial charge in [-0.25, -0.2) is 0 Å². The smallest absolute Gasteiger partial charge is 0.308 e. The number of hydrogen-bond acceptors (Lipinski definition) is 5. The van der Waals surface area contributed by atoms with E-state index in [1.54, 1.807) is 18.3 Å². The van der Waals surface area contributed by atoms with Gasteiger partial charge in [0.2, 0.25) is 0 Å². The zero-order valence-electron chi connectivity index (χ0n) is 14.0. The van der Waals surface area contributed by atoms with Crippen molar-refractivity contribution in [2.75, 3.05) is 0 Å². The fourth-order valence-electron chi connectivity index (χ4n) is 2.65. The van der Waals surface area contributed by atoms with Crippen LogP contribution in [0, 0.1) is 0 Å². The third-order valence-corrected chi connectivity index (χ3v) is 5.17. The Morgan fingerprint density at radius 2 is 2.11 bits per heavy atom. The summed E-state index contributed by atoms with van der Waals surface area (Å²) in [6, 6.07) is 9.01. The zero-order valence-corrected chi connectivity index (χ0v) is 15.6. The normalized spacial score (nSPS) is 11.4. The number of aliphatic carboxylic acids is 1. The summed E-state index contributed by atoms with van der Waals surface area (Å²) in [6.07, 6.45) is 2.04. The number of fused-ring (bicyclic) bond motifs is 1. The fraction of sp³-hybridized carbons (Fsp3) is 0.350. The standard InChI is InChI=1S/C18H17ClN2O4S.2CH4/c1-2-14(12-5-3-4-7-20-12)25-15-10-16-13(9-11(15)19)21(18(24)26-16)8-6-17(22)23;;/h3-5,7,9-10,14H,2,6,8H2,1H3,(H,22,23);2*1H4/t14-;;/m0../s1. The SMILES string of the molecule is C.C.CC[C@H](Oc1cc2sc(=O)n(CCC(=O)O)c2cc1Cl)c1ccccn1. The number of aryl methyl sites for hydroxylation is 1. The topological polar surface area (TPSA) is 81.4 Å². The van der Waals surface area contributed by atoms with E-state index in [-0.39, 0.29) is 38.8 Å². The minimum Gasteiger partial charge on any atom is -0.483 e. The molecule has 2 heterocycles. The maximum Gasteiger partial charge on any atom is 0.308 e. The Balaban J connectivity index is 0.00000196. The van der Waals surface area contributed by atoms with Gasteiger partial charge < -0.3 is 9.84 Å². The molecule has 0 saturated heterocycles. The molecule has 1 aromatic carbocycles. The summed E-state index contributed by atoms with van der Waals surface area (Å²) in [4.78, 5) is 27.1. The van der Waals surface area contributed by atoms with Crippen molar-refractivity contribution in [2.24, 2.45) is 0 Å². The van der Waals surface area contributed by atoms with Crippen molar-refractivity contribution in [3.8, 4) is 5.75 Å². The van der Waals surface area contributed by atoms with Crippen LogP contribution in [0.1, 0.15) is 46.4 Å². The second-order valence-electron chi connectivity index (χ2n) is 5.68. The summed E-state index contributed by atoms with van der Waals surface area (Å²) < 4.78 is 8.18. The maximum absolute atomic E-state index is 12.2. The van der Waals surface area contributed by atoms with Crippen molar-refractivity contribution in [2.45, 2.75) is 47.3 Å². The molecule has 1 atom stereocenters. The molecule has 0 spiro atoms. The van der Waals surface area contributed by atoms with Crippen LogP contribution < -0.4 is 9.61 Å². The van der Waals surface area contributed by atoms with Gasteiger partial charge in [-0.3, -0.25) is 19.1 Å². The highest BCUT2D eigenvalue weighted by atomic mass is 35.5.